The topological polar surface area (TPSA) is 82.5 Å². The molecule has 2 heterocycles. The average Bonchev–Trinajstić information content (AvgIpc) is 3.24. The van der Waals surface area contributed by atoms with E-state index in [2.05, 4.69) is 10.3 Å². The van der Waals surface area contributed by atoms with E-state index in [4.69, 9.17) is 9.47 Å². The molecule has 1 aliphatic rings. The maximum absolute atomic E-state index is 14.5. The summed E-state index contributed by atoms with van der Waals surface area (Å²) in [7, 11) is 0. The molecule has 0 radical (unpaired) electrons. The Bertz CT molecular complexity index is 1410. The SMILES string of the molecule is Cc1nc2ccccc2c(=O)n1-c1ccc(F)c(NC(=O)c2ccc3c(c2)OCO3)c1. The van der Waals surface area contributed by atoms with Gasteiger partial charge in [-0.15, -0.1) is 0 Å². The smallest absolute Gasteiger partial charge is 0.265 e. The van der Waals surface area contributed by atoms with Crippen LogP contribution in [0.1, 0.15) is 16.2 Å². The number of nitrogens with one attached hydrogen (secondary N) is 1. The van der Waals surface area contributed by atoms with Gasteiger partial charge in [-0.25, -0.2) is 9.37 Å². The molecule has 7 nitrogen and oxygen atoms in total. The van der Waals surface area contributed by atoms with Crippen molar-refractivity contribution in [1.29, 1.82) is 0 Å². The number of fused-ring (bicyclic) bond motifs is 2. The predicted molar refractivity (Wildman–Crippen MR) is 113 cm³/mol. The number of carbonyl (C=O) groups is 1. The van der Waals surface area contributed by atoms with Gasteiger partial charge < -0.3 is 14.8 Å². The standard InChI is InChI=1S/C23H16FN3O4/c1-13-25-18-5-3-2-4-16(18)23(29)27(13)15-7-8-17(24)19(11-15)26-22(28)14-6-9-20-21(10-14)31-12-30-20/h2-11H,12H2,1H3,(H,26,28). The molecule has 154 valence electrons. The number of nitrogens with zero attached hydrogens (tertiary/aromatic N) is 2. The number of aromatic nitrogens is 2. The molecule has 4 aromatic rings. The third-order valence-corrected chi connectivity index (χ3v) is 5.03. The Morgan fingerprint density at radius 3 is 2.74 bits per heavy atom. The number of amides is 1. The highest BCUT2D eigenvalue weighted by Crippen LogP contribution is 2.32. The quantitative estimate of drug-likeness (QED) is 0.548. The van der Waals surface area contributed by atoms with Crippen molar-refractivity contribution < 1.29 is 18.7 Å². The number of hydrogen-bond acceptors (Lipinski definition) is 5. The molecule has 5 rings (SSSR count). The molecule has 0 saturated heterocycles. The van der Waals surface area contributed by atoms with Crippen molar-refractivity contribution in [1.82, 2.24) is 9.55 Å². The lowest BCUT2D eigenvalue weighted by atomic mass is 10.1. The summed E-state index contributed by atoms with van der Waals surface area (Å²) in [5, 5.41) is 3.01. The molecular weight excluding hydrogens is 401 g/mol. The molecule has 0 atom stereocenters. The van der Waals surface area contributed by atoms with E-state index in [9.17, 15) is 14.0 Å². The molecule has 0 bridgehead atoms. The van der Waals surface area contributed by atoms with Crippen molar-refractivity contribution >= 4 is 22.5 Å². The van der Waals surface area contributed by atoms with Crippen molar-refractivity contribution in [3.63, 3.8) is 0 Å². The van der Waals surface area contributed by atoms with Gasteiger partial charge in [0.25, 0.3) is 11.5 Å². The molecule has 0 spiro atoms. The van der Waals surface area contributed by atoms with Crippen LogP contribution < -0.4 is 20.3 Å². The second-order valence-electron chi connectivity index (χ2n) is 7.00. The Morgan fingerprint density at radius 2 is 1.87 bits per heavy atom. The second kappa shape index (κ2) is 7.24. The van der Waals surface area contributed by atoms with Gasteiger partial charge in [0.15, 0.2) is 11.5 Å². The monoisotopic (exact) mass is 417 g/mol. The fraction of sp³-hybridized carbons (Fsp3) is 0.0870. The van der Waals surface area contributed by atoms with E-state index in [1.807, 2.05) is 0 Å². The van der Waals surface area contributed by atoms with Crippen LogP contribution in [0.4, 0.5) is 10.1 Å². The molecule has 0 unspecified atom stereocenters. The summed E-state index contributed by atoms with van der Waals surface area (Å²) < 4.78 is 26.4. The zero-order chi connectivity index (χ0) is 21.5. The number of aryl methyl sites for hydroxylation is 1. The highest BCUT2D eigenvalue weighted by Gasteiger charge is 2.18. The Kier molecular flexibility index (Phi) is 4.39. The van der Waals surface area contributed by atoms with E-state index in [0.717, 1.165) is 0 Å². The van der Waals surface area contributed by atoms with Gasteiger partial charge in [-0.2, -0.15) is 0 Å². The minimum Gasteiger partial charge on any atom is -0.454 e. The van der Waals surface area contributed by atoms with Gasteiger partial charge in [-0.05, 0) is 55.5 Å². The summed E-state index contributed by atoms with van der Waals surface area (Å²) in [6.07, 6.45) is 0. The van der Waals surface area contributed by atoms with E-state index in [1.165, 1.54) is 28.8 Å². The number of ether oxygens (including phenoxy) is 2. The van der Waals surface area contributed by atoms with Crippen LogP contribution in [0, 0.1) is 12.7 Å². The number of rotatable bonds is 3. The van der Waals surface area contributed by atoms with Crippen LogP contribution in [0.2, 0.25) is 0 Å². The predicted octanol–water partition coefficient (Wildman–Crippen LogP) is 3.81. The molecular formula is C23H16FN3O4. The van der Waals surface area contributed by atoms with Gasteiger partial charge in [-0.3, -0.25) is 14.2 Å². The number of hydrogen-bond donors (Lipinski definition) is 1. The van der Waals surface area contributed by atoms with Crippen molar-refractivity contribution in [3.05, 3.63) is 88.2 Å². The van der Waals surface area contributed by atoms with Crippen molar-refractivity contribution in [2.24, 2.45) is 0 Å². The van der Waals surface area contributed by atoms with E-state index in [0.29, 0.717) is 33.9 Å². The first kappa shape index (κ1) is 18.8. The lowest BCUT2D eigenvalue weighted by molar-refractivity contribution is 0.102. The summed E-state index contributed by atoms with van der Waals surface area (Å²) in [4.78, 5) is 30.1. The first-order chi connectivity index (χ1) is 15.0. The summed E-state index contributed by atoms with van der Waals surface area (Å²) in [5.74, 6) is 0.297. The molecule has 31 heavy (non-hydrogen) atoms. The highest BCUT2D eigenvalue weighted by atomic mass is 19.1. The maximum Gasteiger partial charge on any atom is 0.265 e. The van der Waals surface area contributed by atoms with Gasteiger partial charge in [0.1, 0.15) is 11.6 Å². The van der Waals surface area contributed by atoms with E-state index >= 15 is 0 Å². The van der Waals surface area contributed by atoms with E-state index < -0.39 is 11.7 Å². The van der Waals surface area contributed by atoms with Crippen LogP contribution in [0.3, 0.4) is 0 Å². The second-order valence-corrected chi connectivity index (χ2v) is 7.00. The van der Waals surface area contributed by atoms with Crippen molar-refractivity contribution in [2.45, 2.75) is 6.92 Å². The number of halogens is 1. The Hall–Kier alpha value is -4.20. The van der Waals surface area contributed by atoms with Gasteiger partial charge in [-0.1, -0.05) is 12.1 Å². The zero-order valence-electron chi connectivity index (χ0n) is 16.4. The van der Waals surface area contributed by atoms with E-state index in [-0.39, 0.29) is 23.6 Å². The number of anilines is 1. The fourth-order valence-corrected chi connectivity index (χ4v) is 3.53. The molecule has 0 saturated carbocycles. The average molecular weight is 417 g/mol. The molecule has 0 aliphatic carbocycles. The summed E-state index contributed by atoms with van der Waals surface area (Å²) in [6.45, 7) is 1.78. The van der Waals surface area contributed by atoms with Crippen LogP contribution in [0.25, 0.3) is 16.6 Å². The van der Waals surface area contributed by atoms with Gasteiger partial charge >= 0.3 is 0 Å². The molecule has 0 fully saturated rings. The molecule has 1 aliphatic heterocycles. The van der Waals surface area contributed by atoms with Gasteiger partial charge in [0.05, 0.1) is 22.3 Å². The van der Waals surface area contributed by atoms with Gasteiger partial charge in [0.2, 0.25) is 6.79 Å². The third-order valence-electron chi connectivity index (χ3n) is 5.03. The Balaban J connectivity index is 1.52. The minimum atomic E-state index is -0.628. The molecule has 3 aromatic carbocycles. The zero-order valence-corrected chi connectivity index (χ0v) is 16.4. The lowest BCUT2D eigenvalue weighted by Crippen LogP contribution is -2.22. The normalized spacial score (nSPS) is 12.2. The number of carbonyl (C=O) groups excluding carboxylic acids is 1. The summed E-state index contributed by atoms with van der Waals surface area (Å²) in [6, 6.07) is 15.8. The Labute approximate surface area is 175 Å². The first-order valence-corrected chi connectivity index (χ1v) is 9.50. The Morgan fingerprint density at radius 1 is 1.06 bits per heavy atom. The largest absolute Gasteiger partial charge is 0.454 e. The number of para-hydroxylation sites is 1. The van der Waals surface area contributed by atoms with E-state index in [1.54, 1.807) is 43.3 Å². The molecule has 1 N–H and O–H groups in total. The van der Waals surface area contributed by atoms with Crippen LogP contribution >= 0.6 is 0 Å². The third kappa shape index (κ3) is 3.28. The highest BCUT2D eigenvalue weighted by molar-refractivity contribution is 6.04. The maximum atomic E-state index is 14.5. The van der Waals surface area contributed by atoms with Crippen LogP contribution in [0.5, 0.6) is 11.5 Å². The minimum absolute atomic E-state index is 0.0559. The van der Waals surface area contributed by atoms with Crippen LogP contribution in [-0.2, 0) is 0 Å². The van der Waals surface area contributed by atoms with Crippen molar-refractivity contribution in [3.8, 4) is 17.2 Å². The van der Waals surface area contributed by atoms with Gasteiger partial charge in [0, 0.05) is 5.56 Å². The number of benzene rings is 3. The summed E-state index contributed by atoms with van der Waals surface area (Å²) in [5.41, 5.74) is 0.931. The summed E-state index contributed by atoms with van der Waals surface area (Å²) >= 11 is 0. The lowest BCUT2D eigenvalue weighted by Gasteiger charge is -2.13. The fourth-order valence-electron chi connectivity index (χ4n) is 3.53. The molecule has 1 aromatic heterocycles. The first-order valence-electron chi connectivity index (χ1n) is 9.50. The van der Waals surface area contributed by atoms with Crippen molar-refractivity contribution in [2.75, 3.05) is 12.1 Å². The molecule has 1 amide bonds. The van der Waals surface area contributed by atoms with Crippen LogP contribution in [-0.4, -0.2) is 22.3 Å². The molecule has 8 heteroatoms. The van der Waals surface area contributed by atoms with Crippen LogP contribution in [0.15, 0.2) is 65.5 Å².